The molecule has 2 rings (SSSR count). The van der Waals surface area contributed by atoms with Crippen LogP contribution in [-0.2, 0) is 6.54 Å². The van der Waals surface area contributed by atoms with Gasteiger partial charge >= 0.3 is 0 Å². The molecule has 0 bridgehead atoms. The Balaban J connectivity index is 0.00000338. The SMILES string of the molecule is CC(C)C(N)CCN(C)C(=O)c1cccc(CN2CCN(C)CC2)c1.Cl.Cl. The fourth-order valence-electron chi connectivity index (χ4n) is 3.06. The van der Waals surface area contributed by atoms with Crippen molar-refractivity contribution in [3.05, 3.63) is 35.4 Å². The van der Waals surface area contributed by atoms with Crippen molar-refractivity contribution in [1.82, 2.24) is 14.7 Å². The van der Waals surface area contributed by atoms with Gasteiger partial charge in [-0.05, 0) is 37.1 Å². The van der Waals surface area contributed by atoms with Gasteiger partial charge in [0.2, 0.25) is 0 Å². The molecule has 27 heavy (non-hydrogen) atoms. The number of hydrogen-bond donors (Lipinski definition) is 1. The molecular weight excluding hydrogens is 383 g/mol. The summed E-state index contributed by atoms with van der Waals surface area (Å²) in [6, 6.07) is 8.20. The Hall–Kier alpha value is -0.850. The summed E-state index contributed by atoms with van der Waals surface area (Å²) in [6.45, 7) is 10.2. The molecule has 1 aromatic carbocycles. The number of carbonyl (C=O) groups is 1. The van der Waals surface area contributed by atoms with Crippen molar-refractivity contribution in [2.45, 2.75) is 32.9 Å². The molecule has 0 radical (unpaired) electrons. The van der Waals surface area contributed by atoms with Crippen LogP contribution in [0.5, 0.6) is 0 Å². The Morgan fingerprint density at radius 3 is 2.41 bits per heavy atom. The number of likely N-dealkylation sites (N-methyl/N-ethyl adjacent to an activating group) is 1. The lowest BCUT2D eigenvalue weighted by Crippen LogP contribution is -2.43. The first-order valence-electron chi connectivity index (χ1n) is 9.37. The fraction of sp³-hybridized carbons (Fsp3) is 0.650. The number of halogens is 2. The molecule has 1 aliphatic heterocycles. The maximum absolute atomic E-state index is 12.7. The first-order chi connectivity index (χ1) is 11.9. The number of nitrogens with two attached hydrogens (primary N) is 1. The van der Waals surface area contributed by atoms with E-state index in [1.165, 1.54) is 5.56 Å². The minimum atomic E-state index is 0. The van der Waals surface area contributed by atoms with Crippen LogP contribution in [0.3, 0.4) is 0 Å². The van der Waals surface area contributed by atoms with Gasteiger partial charge in [0.15, 0.2) is 0 Å². The third-order valence-corrected chi connectivity index (χ3v) is 5.18. The molecule has 7 heteroatoms. The Bertz CT molecular complexity index is 563. The minimum Gasteiger partial charge on any atom is -0.342 e. The van der Waals surface area contributed by atoms with E-state index in [1.807, 2.05) is 25.2 Å². The zero-order chi connectivity index (χ0) is 18.4. The largest absolute Gasteiger partial charge is 0.342 e. The zero-order valence-electron chi connectivity index (χ0n) is 17.1. The molecule has 5 nitrogen and oxygen atoms in total. The van der Waals surface area contributed by atoms with E-state index in [9.17, 15) is 4.79 Å². The molecule has 1 amide bonds. The number of rotatable bonds is 7. The van der Waals surface area contributed by atoms with E-state index in [-0.39, 0.29) is 36.8 Å². The highest BCUT2D eigenvalue weighted by Gasteiger charge is 2.17. The topological polar surface area (TPSA) is 52.8 Å². The number of carbonyl (C=O) groups excluding carboxylic acids is 1. The van der Waals surface area contributed by atoms with Gasteiger partial charge in [0, 0.05) is 57.9 Å². The van der Waals surface area contributed by atoms with E-state index >= 15 is 0 Å². The molecule has 1 atom stereocenters. The Kier molecular flexibility index (Phi) is 12.2. The molecule has 156 valence electrons. The van der Waals surface area contributed by atoms with Gasteiger partial charge in [-0.15, -0.1) is 24.8 Å². The summed E-state index contributed by atoms with van der Waals surface area (Å²) in [5, 5.41) is 0. The van der Waals surface area contributed by atoms with Crippen molar-refractivity contribution in [2.75, 3.05) is 46.8 Å². The summed E-state index contributed by atoms with van der Waals surface area (Å²) in [4.78, 5) is 19.3. The molecule has 0 saturated carbocycles. The second-order valence-corrected chi connectivity index (χ2v) is 7.70. The summed E-state index contributed by atoms with van der Waals surface area (Å²) >= 11 is 0. The van der Waals surface area contributed by atoms with Crippen LogP contribution in [0.4, 0.5) is 0 Å². The standard InChI is InChI=1S/C20H34N4O.2ClH/c1-16(2)19(21)8-9-23(4)20(25)18-7-5-6-17(14-18)15-24-12-10-22(3)11-13-24;;/h5-7,14,16,19H,8-13,15,21H2,1-4H3;2*1H. The lowest BCUT2D eigenvalue weighted by Gasteiger charge is -2.32. The van der Waals surface area contributed by atoms with Crippen LogP contribution in [0.1, 0.15) is 36.2 Å². The van der Waals surface area contributed by atoms with Gasteiger partial charge in [-0.25, -0.2) is 0 Å². The van der Waals surface area contributed by atoms with Crippen molar-refractivity contribution in [3.63, 3.8) is 0 Å². The van der Waals surface area contributed by atoms with Gasteiger partial charge < -0.3 is 15.5 Å². The van der Waals surface area contributed by atoms with Gasteiger partial charge in [0.1, 0.15) is 0 Å². The monoisotopic (exact) mass is 418 g/mol. The summed E-state index contributed by atoms with van der Waals surface area (Å²) < 4.78 is 0. The molecule has 1 heterocycles. The molecule has 1 aromatic rings. The number of nitrogens with zero attached hydrogens (tertiary/aromatic N) is 3. The minimum absolute atomic E-state index is 0. The first kappa shape index (κ1) is 26.1. The van der Waals surface area contributed by atoms with Crippen molar-refractivity contribution in [2.24, 2.45) is 11.7 Å². The normalized spacial score (nSPS) is 16.4. The van der Waals surface area contributed by atoms with E-state index in [4.69, 9.17) is 5.73 Å². The number of amides is 1. The molecule has 0 aromatic heterocycles. The van der Waals surface area contributed by atoms with Crippen molar-refractivity contribution in [1.29, 1.82) is 0 Å². The highest BCUT2D eigenvalue weighted by atomic mass is 35.5. The third kappa shape index (κ3) is 8.36. The lowest BCUT2D eigenvalue weighted by atomic mass is 10.0. The number of hydrogen-bond acceptors (Lipinski definition) is 4. The maximum atomic E-state index is 12.7. The second-order valence-electron chi connectivity index (χ2n) is 7.70. The van der Waals surface area contributed by atoms with Crippen molar-refractivity contribution in [3.8, 4) is 0 Å². The number of piperazine rings is 1. The summed E-state index contributed by atoms with van der Waals surface area (Å²) in [7, 11) is 4.03. The van der Waals surface area contributed by atoms with Crippen molar-refractivity contribution < 1.29 is 4.79 Å². The van der Waals surface area contributed by atoms with E-state index in [0.29, 0.717) is 12.5 Å². The average Bonchev–Trinajstić information content (AvgIpc) is 2.60. The van der Waals surface area contributed by atoms with E-state index in [1.54, 1.807) is 4.90 Å². The Labute approximate surface area is 177 Å². The first-order valence-corrected chi connectivity index (χ1v) is 9.37. The Morgan fingerprint density at radius 1 is 1.19 bits per heavy atom. The predicted molar refractivity (Wildman–Crippen MR) is 118 cm³/mol. The van der Waals surface area contributed by atoms with Crippen LogP contribution in [-0.4, -0.2) is 73.5 Å². The van der Waals surface area contributed by atoms with Gasteiger partial charge in [-0.1, -0.05) is 26.0 Å². The van der Waals surface area contributed by atoms with Gasteiger partial charge in [0.05, 0.1) is 0 Å². The quantitative estimate of drug-likeness (QED) is 0.739. The molecule has 1 fully saturated rings. The van der Waals surface area contributed by atoms with E-state index in [2.05, 4.69) is 36.8 Å². The highest BCUT2D eigenvalue weighted by Crippen LogP contribution is 2.13. The van der Waals surface area contributed by atoms with Crippen molar-refractivity contribution >= 4 is 30.7 Å². The summed E-state index contributed by atoms with van der Waals surface area (Å²) in [5.41, 5.74) is 8.08. The molecule has 2 N–H and O–H groups in total. The molecule has 0 aliphatic carbocycles. The Morgan fingerprint density at radius 2 is 1.81 bits per heavy atom. The van der Waals surface area contributed by atoms with Crippen LogP contribution < -0.4 is 5.73 Å². The van der Waals surface area contributed by atoms with Crippen LogP contribution in [0.25, 0.3) is 0 Å². The highest BCUT2D eigenvalue weighted by molar-refractivity contribution is 5.94. The smallest absolute Gasteiger partial charge is 0.253 e. The molecule has 1 unspecified atom stereocenters. The van der Waals surface area contributed by atoms with Crippen LogP contribution >= 0.6 is 24.8 Å². The second kappa shape index (κ2) is 12.6. The average molecular weight is 419 g/mol. The molecular formula is C20H36Cl2N4O. The molecule has 0 spiro atoms. The lowest BCUT2D eigenvalue weighted by molar-refractivity contribution is 0.0789. The fourth-order valence-corrected chi connectivity index (χ4v) is 3.06. The number of benzene rings is 1. The van der Waals surface area contributed by atoms with Gasteiger partial charge in [-0.2, -0.15) is 0 Å². The van der Waals surface area contributed by atoms with Crippen LogP contribution in [0.2, 0.25) is 0 Å². The third-order valence-electron chi connectivity index (χ3n) is 5.18. The van der Waals surface area contributed by atoms with E-state index < -0.39 is 0 Å². The maximum Gasteiger partial charge on any atom is 0.253 e. The van der Waals surface area contributed by atoms with Crippen LogP contribution in [0.15, 0.2) is 24.3 Å². The van der Waals surface area contributed by atoms with E-state index in [0.717, 1.165) is 44.7 Å². The van der Waals surface area contributed by atoms with Crippen LogP contribution in [0, 0.1) is 5.92 Å². The summed E-state index contributed by atoms with van der Waals surface area (Å²) in [5.74, 6) is 0.520. The molecule has 1 aliphatic rings. The van der Waals surface area contributed by atoms with Gasteiger partial charge in [0.25, 0.3) is 5.91 Å². The summed E-state index contributed by atoms with van der Waals surface area (Å²) in [6.07, 6.45) is 0.834. The van der Waals surface area contributed by atoms with Gasteiger partial charge in [-0.3, -0.25) is 9.69 Å². The zero-order valence-corrected chi connectivity index (χ0v) is 18.7. The molecule has 1 saturated heterocycles. The predicted octanol–water partition coefficient (Wildman–Crippen LogP) is 2.72.